The molecule has 4 heteroatoms. The van der Waals surface area contributed by atoms with Gasteiger partial charge in [0, 0.05) is 5.56 Å². The molecule has 0 atom stereocenters. The van der Waals surface area contributed by atoms with E-state index < -0.39 is 0 Å². The van der Waals surface area contributed by atoms with Crippen molar-refractivity contribution in [1.82, 2.24) is 5.43 Å². The van der Waals surface area contributed by atoms with Crippen molar-refractivity contribution >= 4 is 11.6 Å². The van der Waals surface area contributed by atoms with Crippen molar-refractivity contribution < 1.29 is 9.53 Å². The Labute approximate surface area is 159 Å². The molecule has 0 heterocycles. The smallest absolute Gasteiger partial charge is 0.277 e. The van der Waals surface area contributed by atoms with Gasteiger partial charge in [-0.15, -0.1) is 0 Å². The largest absolute Gasteiger partial charge is 0.483 e. The predicted octanol–water partition coefficient (Wildman–Crippen LogP) is 4.58. The Morgan fingerprint density at radius 1 is 0.926 bits per heavy atom. The lowest BCUT2D eigenvalue weighted by Crippen LogP contribution is -2.25. The number of para-hydroxylation sites is 1. The van der Waals surface area contributed by atoms with Crippen LogP contribution in [-0.4, -0.2) is 18.2 Å². The number of hydrogen-bond donors (Lipinski definition) is 1. The van der Waals surface area contributed by atoms with Crippen molar-refractivity contribution in [2.75, 3.05) is 6.61 Å². The number of hydrogen-bond acceptors (Lipinski definition) is 3. The fourth-order valence-electron chi connectivity index (χ4n) is 2.63. The molecule has 3 aromatic rings. The number of carbonyl (C=O) groups is 1. The lowest BCUT2D eigenvalue weighted by Gasteiger charge is -2.11. The number of benzene rings is 3. The molecule has 3 aromatic carbocycles. The van der Waals surface area contributed by atoms with Crippen LogP contribution in [0.1, 0.15) is 18.1 Å². The van der Waals surface area contributed by atoms with E-state index in [1.165, 1.54) is 5.56 Å². The molecule has 0 saturated heterocycles. The molecule has 3 rings (SSSR count). The molecule has 0 bridgehead atoms. The van der Waals surface area contributed by atoms with E-state index in [4.69, 9.17) is 4.74 Å². The van der Waals surface area contributed by atoms with E-state index >= 15 is 0 Å². The van der Waals surface area contributed by atoms with Crippen LogP contribution in [0.15, 0.2) is 84.0 Å². The zero-order valence-electron chi connectivity index (χ0n) is 15.5. The van der Waals surface area contributed by atoms with E-state index in [0.29, 0.717) is 5.75 Å². The minimum Gasteiger partial charge on any atom is -0.483 e. The normalized spacial score (nSPS) is 11.1. The second kappa shape index (κ2) is 8.81. The Hall–Kier alpha value is -3.40. The lowest BCUT2D eigenvalue weighted by atomic mass is 10.1. The summed E-state index contributed by atoms with van der Waals surface area (Å²) in [6.45, 7) is 3.79. The van der Waals surface area contributed by atoms with E-state index in [9.17, 15) is 4.79 Å². The molecule has 27 heavy (non-hydrogen) atoms. The van der Waals surface area contributed by atoms with Crippen molar-refractivity contribution in [3.05, 3.63) is 90.0 Å². The van der Waals surface area contributed by atoms with E-state index in [-0.39, 0.29) is 12.5 Å². The summed E-state index contributed by atoms with van der Waals surface area (Å²) in [7, 11) is 0. The number of nitrogens with one attached hydrogen (secondary N) is 1. The molecule has 0 aromatic heterocycles. The maximum Gasteiger partial charge on any atom is 0.277 e. The minimum atomic E-state index is -0.302. The van der Waals surface area contributed by atoms with Gasteiger partial charge in [0.1, 0.15) is 5.75 Å². The summed E-state index contributed by atoms with van der Waals surface area (Å²) >= 11 is 0. The van der Waals surface area contributed by atoms with Gasteiger partial charge in [0.15, 0.2) is 6.61 Å². The zero-order chi connectivity index (χ0) is 19.1. The SMILES string of the molecule is CC(=NNC(=O)COc1ccccc1-c1ccccc1)c1ccc(C)cc1. The molecule has 0 spiro atoms. The van der Waals surface area contributed by atoms with Crippen LogP contribution in [0.25, 0.3) is 11.1 Å². The quantitative estimate of drug-likeness (QED) is 0.518. The molecule has 0 aliphatic carbocycles. The molecule has 0 aliphatic heterocycles. The number of ether oxygens (including phenoxy) is 1. The molecule has 136 valence electrons. The van der Waals surface area contributed by atoms with Crippen LogP contribution >= 0.6 is 0 Å². The molecular formula is C23H22N2O2. The third-order valence-electron chi connectivity index (χ3n) is 4.15. The molecule has 1 amide bonds. The molecule has 0 aliphatic rings. The van der Waals surface area contributed by atoms with Gasteiger partial charge in [0.25, 0.3) is 5.91 Å². The van der Waals surface area contributed by atoms with Crippen LogP contribution in [0.4, 0.5) is 0 Å². The average Bonchev–Trinajstić information content (AvgIpc) is 2.72. The fraction of sp³-hybridized carbons (Fsp3) is 0.130. The summed E-state index contributed by atoms with van der Waals surface area (Å²) < 4.78 is 5.73. The summed E-state index contributed by atoms with van der Waals surface area (Å²) in [5.74, 6) is 0.363. The number of amides is 1. The maximum atomic E-state index is 12.1. The molecule has 0 unspecified atom stereocenters. The highest BCUT2D eigenvalue weighted by Crippen LogP contribution is 2.29. The molecule has 0 fully saturated rings. The van der Waals surface area contributed by atoms with Crippen LogP contribution in [-0.2, 0) is 4.79 Å². The summed E-state index contributed by atoms with van der Waals surface area (Å²) in [5, 5.41) is 4.15. The Bertz CT molecular complexity index is 932. The van der Waals surface area contributed by atoms with Crippen LogP contribution in [0, 0.1) is 6.92 Å². The number of rotatable bonds is 6. The summed E-state index contributed by atoms with van der Waals surface area (Å²) in [6, 6.07) is 25.6. The average molecular weight is 358 g/mol. The van der Waals surface area contributed by atoms with E-state index in [0.717, 1.165) is 22.4 Å². The van der Waals surface area contributed by atoms with E-state index in [1.807, 2.05) is 92.7 Å². The third-order valence-corrected chi connectivity index (χ3v) is 4.15. The van der Waals surface area contributed by atoms with Gasteiger partial charge in [-0.1, -0.05) is 78.4 Å². The van der Waals surface area contributed by atoms with Crippen LogP contribution < -0.4 is 10.2 Å². The van der Waals surface area contributed by atoms with Crippen molar-refractivity contribution in [2.24, 2.45) is 5.10 Å². The Morgan fingerprint density at radius 2 is 1.59 bits per heavy atom. The standard InChI is InChI=1S/C23H22N2O2/c1-17-12-14-19(15-13-17)18(2)24-25-23(26)16-27-22-11-7-6-10-21(22)20-8-4-3-5-9-20/h3-15H,16H2,1-2H3,(H,25,26). The van der Waals surface area contributed by atoms with Crippen LogP contribution in [0.2, 0.25) is 0 Å². The van der Waals surface area contributed by atoms with Gasteiger partial charge < -0.3 is 4.74 Å². The second-order valence-electron chi connectivity index (χ2n) is 6.25. The number of carbonyl (C=O) groups excluding carboxylic acids is 1. The number of hydrazone groups is 1. The van der Waals surface area contributed by atoms with E-state index in [1.54, 1.807) is 0 Å². The van der Waals surface area contributed by atoms with E-state index in [2.05, 4.69) is 10.5 Å². The van der Waals surface area contributed by atoms with Crippen molar-refractivity contribution in [2.45, 2.75) is 13.8 Å². The second-order valence-corrected chi connectivity index (χ2v) is 6.25. The first kappa shape index (κ1) is 18.4. The maximum absolute atomic E-state index is 12.1. The van der Waals surface area contributed by atoms with Gasteiger partial charge in [-0.05, 0) is 31.0 Å². The third kappa shape index (κ3) is 5.05. The first-order chi connectivity index (χ1) is 13.1. The van der Waals surface area contributed by atoms with Crippen LogP contribution in [0.3, 0.4) is 0 Å². The highest BCUT2D eigenvalue weighted by Gasteiger charge is 2.08. The first-order valence-corrected chi connectivity index (χ1v) is 8.81. The van der Waals surface area contributed by atoms with Gasteiger partial charge in [-0.3, -0.25) is 4.79 Å². The van der Waals surface area contributed by atoms with Gasteiger partial charge in [-0.2, -0.15) is 5.10 Å². The van der Waals surface area contributed by atoms with Gasteiger partial charge in [-0.25, -0.2) is 5.43 Å². The highest BCUT2D eigenvalue weighted by molar-refractivity contribution is 5.99. The molecule has 0 radical (unpaired) electrons. The van der Waals surface area contributed by atoms with Crippen molar-refractivity contribution in [3.8, 4) is 16.9 Å². The highest BCUT2D eigenvalue weighted by atomic mass is 16.5. The number of aryl methyl sites for hydroxylation is 1. The Morgan fingerprint density at radius 3 is 2.33 bits per heavy atom. The van der Waals surface area contributed by atoms with Crippen molar-refractivity contribution in [3.63, 3.8) is 0 Å². The molecule has 1 N–H and O–H groups in total. The topological polar surface area (TPSA) is 50.7 Å². The summed E-state index contributed by atoms with van der Waals surface area (Å²) in [4.78, 5) is 12.1. The van der Waals surface area contributed by atoms with Gasteiger partial charge >= 0.3 is 0 Å². The Balaban J connectivity index is 1.61. The molecular weight excluding hydrogens is 336 g/mol. The zero-order valence-corrected chi connectivity index (χ0v) is 15.5. The summed E-state index contributed by atoms with van der Waals surface area (Å²) in [6.07, 6.45) is 0. The van der Waals surface area contributed by atoms with Gasteiger partial charge in [0.05, 0.1) is 5.71 Å². The minimum absolute atomic E-state index is 0.103. The summed E-state index contributed by atoms with van der Waals surface area (Å²) in [5.41, 5.74) is 7.44. The lowest BCUT2D eigenvalue weighted by molar-refractivity contribution is -0.123. The Kier molecular flexibility index (Phi) is 6.00. The van der Waals surface area contributed by atoms with Crippen LogP contribution in [0.5, 0.6) is 5.75 Å². The molecule has 0 saturated carbocycles. The monoisotopic (exact) mass is 358 g/mol. The molecule has 4 nitrogen and oxygen atoms in total. The van der Waals surface area contributed by atoms with Crippen molar-refractivity contribution in [1.29, 1.82) is 0 Å². The van der Waals surface area contributed by atoms with Gasteiger partial charge in [0.2, 0.25) is 0 Å². The fourth-order valence-corrected chi connectivity index (χ4v) is 2.63. The number of nitrogens with zero attached hydrogens (tertiary/aromatic N) is 1. The predicted molar refractivity (Wildman–Crippen MR) is 109 cm³/mol. The first-order valence-electron chi connectivity index (χ1n) is 8.81.